The Kier molecular flexibility index (Phi) is 6.69. The quantitative estimate of drug-likeness (QED) is 0.788. The van der Waals surface area contributed by atoms with Crippen molar-refractivity contribution in [3.8, 4) is 0 Å². The second kappa shape index (κ2) is 7.78. The number of nitrogens with one attached hydrogen (secondary N) is 2. The molecular formula is C14H21ClN2OS. The van der Waals surface area contributed by atoms with Gasteiger partial charge in [0, 0.05) is 27.6 Å². The molecule has 0 fully saturated rings. The highest BCUT2D eigenvalue weighted by Crippen LogP contribution is 2.32. The molecule has 2 N–H and O–H groups in total. The van der Waals surface area contributed by atoms with E-state index in [-0.39, 0.29) is 11.8 Å². The Bertz CT molecular complexity index is 437. The summed E-state index contributed by atoms with van der Waals surface area (Å²) in [5.74, 6) is -0.0805. The van der Waals surface area contributed by atoms with Gasteiger partial charge in [-0.15, -0.1) is 11.8 Å². The van der Waals surface area contributed by atoms with Crippen LogP contribution in [0.5, 0.6) is 0 Å². The highest BCUT2D eigenvalue weighted by atomic mass is 35.5. The molecule has 0 aliphatic heterocycles. The number of halogens is 1. The second-order valence-electron chi connectivity index (χ2n) is 4.76. The molecule has 0 bridgehead atoms. The minimum atomic E-state index is -0.0825. The molecule has 1 atom stereocenters. The lowest BCUT2D eigenvalue weighted by Gasteiger charge is -2.15. The molecule has 0 aromatic heterocycles. The number of anilines is 1. The molecule has 19 heavy (non-hydrogen) atoms. The lowest BCUT2D eigenvalue weighted by molar-refractivity contribution is -0.119. The van der Waals surface area contributed by atoms with Gasteiger partial charge in [0.1, 0.15) is 0 Å². The van der Waals surface area contributed by atoms with Crippen LogP contribution in [0.2, 0.25) is 5.02 Å². The van der Waals surface area contributed by atoms with Crippen LogP contribution in [0.3, 0.4) is 0 Å². The van der Waals surface area contributed by atoms with Gasteiger partial charge in [0.15, 0.2) is 0 Å². The van der Waals surface area contributed by atoms with Gasteiger partial charge in [0.25, 0.3) is 0 Å². The monoisotopic (exact) mass is 300 g/mol. The van der Waals surface area contributed by atoms with Crippen LogP contribution in [0, 0.1) is 5.92 Å². The normalized spacial score (nSPS) is 12.5. The van der Waals surface area contributed by atoms with Crippen LogP contribution in [0.25, 0.3) is 0 Å². The van der Waals surface area contributed by atoms with E-state index in [1.807, 2.05) is 26.1 Å². The molecule has 1 unspecified atom stereocenters. The van der Waals surface area contributed by atoms with E-state index in [0.717, 1.165) is 10.6 Å². The molecule has 0 saturated heterocycles. The molecule has 0 saturated carbocycles. The third kappa shape index (κ3) is 5.43. The Hall–Kier alpha value is -0.710. The van der Waals surface area contributed by atoms with E-state index in [2.05, 4.69) is 24.5 Å². The van der Waals surface area contributed by atoms with Crippen LogP contribution in [-0.2, 0) is 4.79 Å². The number of rotatable bonds is 6. The fourth-order valence-electron chi connectivity index (χ4n) is 1.61. The molecule has 0 spiro atoms. The zero-order valence-electron chi connectivity index (χ0n) is 11.8. The molecule has 0 aliphatic carbocycles. The van der Waals surface area contributed by atoms with Crippen LogP contribution >= 0.6 is 23.4 Å². The van der Waals surface area contributed by atoms with Crippen molar-refractivity contribution in [2.24, 2.45) is 5.92 Å². The molecule has 106 valence electrons. The van der Waals surface area contributed by atoms with Crippen LogP contribution < -0.4 is 10.6 Å². The van der Waals surface area contributed by atoms with Crippen molar-refractivity contribution >= 4 is 35.0 Å². The smallest absolute Gasteiger partial charge is 0.228 e. The van der Waals surface area contributed by atoms with Gasteiger partial charge in [-0.05, 0) is 25.2 Å². The largest absolute Gasteiger partial charge is 0.325 e. The molecule has 1 aromatic rings. The Labute approximate surface area is 124 Å². The maximum Gasteiger partial charge on any atom is 0.228 e. The standard InChI is InChI=1S/C14H21ClN2OS/c1-9(2)19-13-6-5-11(15)7-12(13)17-14(18)10(3)8-16-4/h5-7,9-10,16H,8H2,1-4H3,(H,17,18). The van der Waals surface area contributed by atoms with E-state index in [1.54, 1.807) is 17.8 Å². The van der Waals surface area contributed by atoms with E-state index in [4.69, 9.17) is 11.6 Å². The molecule has 1 rings (SSSR count). The molecule has 1 aromatic carbocycles. The summed E-state index contributed by atoms with van der Waals surface area (Å²) in [4.78, 5) is 13.1. The van der Waals surface area contributed by atoms with Crippen molar-refractivity contribution in [3.63, 3.8) is 0 Å². The van der Waals surface area contributed by atoms with Crippen molar-refractivity contribution < 1.29 is 4.79 Å². The highest BCUT2D eigenvalue weighted by Gasteiger charge is 2.14. The lowest BCUT2D eigenvalue weighted by atomic mass is 10.1. The summed E-state index contributed by atoms with van der Waals surface area (Å²) in [5, 5.41) is 7.04. The van der Waals surface area contributed by atoms with Gasteiger partial charge >= 0.3 is 0 Å². The number of amides is 1. The Balaban J connectivity index is 2.86. The summed E-state index contributed by atoms with van der Waals surface area (Å²) < 4.78 is 0. The third-order valence-corrected chi connectivity index (χ3v) is 3.84. The minimum absolute atomic E-state index is 0.00206. The summed E-state index contributed by atoms with van der Waals surface area (Å²) in [6, 6.07) is 5.60. The maximum absolute atomic E-state index is 12.0. The van der Waals surface area contributed by atoms with E-state index >= 15 is 0 Å². The second-order valence-corrected chi connectivity index (χ2v) is 6.81. The van der Waals surface area contributed by atoms with Gasteiger partial charge in [-0.25, -0.2) is 0 Å². The topological polar surface area (TPSA) is 41.1 Å². The maximum atomic E-state index is 12.0. The average Bonchev–Trinajstić information content (AvgIpc) is 2.32. The Morgan fingerprint density at radius 1 is 1.37 bits per heavy atom. The summed E-state index contributed by atoms with van der Waals surface area (Å²) in [6.07, 6.45) is 0. The number of carbonyl (C=O) groups is 1. The first kappa shape index (κ1) is 16.3. The molecular weight excluding hydrogens is 280 g/mol. The molecule has 0 heterocycles. The number of carbonyl (C=O) groups excluding carboxylic acids is 1. The number of hydrogen-bond acceptors (Lipinski definition) is 3. The summed E-state index contributed by atoms with van der Waals surface area (Å²) >= 11 is 7.72. The van der Waals surface area contributed by atoms with Crippen molar-refractivity contribution in [2.45, 2.75) is 30.9 Å². The fraction of sp³-hybridized carbons (Fsp3) is 0.500. The van der Waals surface area contributed by atoms with Crippen LogP contribution in [0.4, 0.5) is 5.69 Å². The van der Waals surface area contributed by atoms with Gasteiger partial charge in [-0.1, -0.05) is 32.4 Å². The van der Waals surface area contributed by atoms with Crippen LogP contribution in [0.15, 0.2) is 23.1 Å². The Morgan fingerprint density at radius 3 is 2.63 bits per heavy atom. The molecule has 0 aliphatic rings. The van der Waals surface area contributed by atoms with Crippen molar-refractivity contribution in [1.82, 2.24) is 5.32 Å². The first-order valence-electron chi connectivity index (χ1n) is 6.35. The lowest BCUT2D eigenvalue weighted by Crippen LogP contribution is -2.28. The fourth-order valence-corrected chi connectivity index (χ4v) is 2.67. The van der Waals surface area contributed by atoms with Crippen LogP contribution in [-0.4, -0.2) is 24.7 Å². The van der Waals surface area contributed by atoms with E-state index in [1.165, 1.54) is 0 Å². The van der Waals surface area contributed by atoms with Gasteiger partial charge in [-0.2, -0.15) is 0 Å². The average molecular weight is 301 g/mol. The van der Waals surface area contributed by atoms with Gasteiger partial charge in [0.2, 0.25) is 5.91 Å². The van der Waals surface area contributed by atoms with Gasteiger partial charge in [0.05, 0.1) is 5.69 Å². The van der Waals surface area contributed by atoms with Crippen LogP contribution in [0.1, 0.15) is 20.8 Å². The first-order chi connectivity index (χ1) is 8.93. The first-order valence-corrected chi connectivity index (χ1v) is 7.61. The molecule has 3 nitrogen and oxygen atoms in total. The zero-order chi connectivity index (χ0) is 14.4. The zero-order valence-corrected chi connectivity index (χ0v) is 13.4. The minimum Gasteiger partial charge on any atom is -0.325 e. The molecule has 1 amide bonds. The van der Waals surface area contributed by atoms with E-state index in [0.29, 0.717) is 16.8 Å². The Morgan fingerprint density at radius 2 is 2.05 bits per heavy atom. The number of thioether (sulfide) groups is 1. The predicted molar refractivity (Wildman–Crippen MR) is 84.2 cm³/mol. The van der Waals surface area contributed by atoms with Gasteiger partial charge in [-0.3, -0.25) is 4.79 Å². The predicted octanol–water partition coefficient (Wildman–Crippen LogP) is 3.63. The number of hydrogen-bond donors (Lipinski definition) is 2. The number of benzene rings is 1. The van der Waals surface area contributed by atoms with Crippen molar-refractivity contribution in [2.75, 3.05) is 18.9 Å². The van der Waals surface area contributed by atoms with Crippen molar-refractivity contribution in [3.05, 3.63) is 23.2 Å². The summed E-state index contributed by atoms with van der Waals surface area (Å²) in [5.41, 5.74) is 0.791. The van der Waals surface area contributed by atoms with Crippen molar-refractivity contribution in [1.29, 1.82) is 0 Å². The SMILES string of the molecule is CNCC(C)C(=O)Nc1cc(Cl)ccc1SC(C)C. The third-order valence-electron chi connectivity index (χ3n) is 2.52. The summed E-state index contributed by atoms with van der Waals surface area (Å²) in [6.45, 7) is 6.79. The van der Waals surface area contributed by atoms with E-state index < -0.39 is 0 Å². The molecule has 5 heteroatoms. The van der Waals surface area contributed by atoms with E-state index in [9.17, 15) is 4.79 Å². The summed E-state index contributed by atoms with van der Waals surface area (Å²) in [7, 11) is 1.84. The highest BCUT2D eigenvalue weighted by molar-refractivity contribution is 8.00. The molecule has 0 radical (unpaired) electrons. The van der Waals surface area contributed by atoms with Gasteiger partial charge < -0.3 is 10.6 Å².